The summed E-state index contributed by atoms with van der Waals surface area (Å²) < 4.78 is 1.49. The van der Waals surface area contributed by atoms with Gasteiger partial charge in [0.05, 0.1) is 11.9 Å². The van der Waals surface area contributed by atoms with Gasteiger partial charge in [0, 0.05) is 25.2 Å². The fourth-order valence-electron chi connectivity index (χ4n) is 2.03. The van der Waals surface area contributed by atoms with Crippen molar-refractivity contribution in [3.8, 4) is 0 Å². The Morgan fingerprint density at radius 2 is 2.15 bits per heavy atom. The first kappa shape index (κ1) is 14.4. The maximum absolute atomic E-state index is 12.5. The minimum Gasteiger partial charge on any atom is -0.396 e. The lowest BCUT2D eigenvalue weighted by molar-refractivity contribution is 0.0742. The molecule has 0 aliphatic carbocycles. The maximum atomic E-state index is 12.5. The van der Waals surface area contributed by atoms with E-state index in [9.17, 15) is 4.79 Å². The average Bonchev–Trinajstić information content (AvgIpc) is 2.76. The topological polar surface area (TPSA) is 64.2 Å². The molecule has 20 heavy (non-hydrogen) atoms. The first-order valence-corrected chi connectivity index (χ1v) is 6.72. The van der Waals surface area contributed by atoms with Crippen LogP contribution in [0.2, 0.25) is 5.02 Å². The van der Waals surface area contributed by atoms with Crippen LogP contribution < -0.4 is 5.73 Å². The molecule has 0 bridgehead atoms. The van der Waals surface area contributed by atoms with E-state index in [0.29, 0.717) is 29.5 Å². The van der Waals surface area contributed by atoms with Crippen molar-refractivity contribution in [1.29, 1.82) is 0 Å². The largest absolute Gasteiger partial charge is 0.396 e. The second-order valence-corrected chi connectivity index (χ2v) is 4.89. The van der Waals surface area contributed by atoms with Gasteiger partial charge in [-0.2, -0.15) is 5.10 Å². The zero-order valence-corrected chi connectivity index (χ0v) is 12.3. The second-order valence-electron chi connectivity index (χ2n) is 4.48. The molecule has 0 saturated heterocycles. The van der Waals surface area contributed by atoms with E-state index in [1.807, 2.05) is 31.2 Å². The van der Waals surface area contributed by atoms with Crippen molar-refractivity contribution in [3.63, 3.8) is 0 Å². The number of aromatic nitrogens is 2. The van der Waals surface area contributed by atoms with E-state index < -0.39 is 0 Å². The van der Waals surface area contributed by atoms with E-state index in [4.69, 9.17) is 17.3 Å². The number of hydrogen-bond acceptors (Lipinski definition) is 3. The highest BCUT2D eigenvalue weighted by Crippen LogP contribution is 2.19. The fraction of sp³-hybridized carbons (Fsp3) is 0.286. The van der Waals surface area contributed by atoms with Gasteiger partial charge in [-0.15, -0.1) is 0 Å². The van der Waals surface area contributed by atoms with Gasteiger partial charge in [-0.3, -0.25) is 9.48 Å². The third-order valence-electron chi connectivity index (χ3n) is 3.16. The SMILES string of the molecule is CCN(Cc1ccccc1Cl)C(=O)c1c(N)cnn1C. The van der Waals surface area contributed by atoms with Crippen LogP contribution >= 0.6 is 11.6 Å². The molecular weight excluding hydrogens is 276 g/mol. The van der Waals surface area contributed by atoms with Crippen molar-refractivity contribution in [2.75, 3.05) is 12.3 Å². The van der Waals surface area contributed by atoms with Gasteiger partial charge in [0.2, 0.25) is 0 Å². The number of halogens is 1. The minimum absolute atomic E-state index is 0.148. The van der Waals surface area contributed by atoms with Crippen LogP contribution in [0.4, 0.5) is 5.69 Å². The Labute approximate surface area is 122 Å². The molecule has 2 aromatic rings. The van der Waals surface area contributed by atoms with E-state index in [2.05, 4.69) is 5.10 Å². The number of amides is 1. The van der Waals surface area contributed by atoms with Crippen LogP contribution in [0.1, 0.15) is 23.0 Å². The molecule has 0 unspecified atom stereocenters. The number of nitrogens with zero attached hydrogens (tertiary/aromatic N) is 3. The Balaban J connectivity index is 2.25. The standard InChI is InChI=1S/C14H17ClN4O/c1-3-19(9-10-6-4-5-7-11(10)15)14(20)13-12(16)8-17-18(13)2/h4-8H,3,9,16H2,1-2H3. The summed E-state index contributed by atoms with van der Waals surface area (Å²) >= 11 is 6.14. The number of anilines is 1. The predicted octanol–water partition coefficient (Wildman–Crippen LogP) is 2.32. The lowest BCUT2D eigenvalue weighted by Gasteiger charge is -2.21. The molecule has 0 aliphatic rings. The highest BCUT2D eigenvalue weighted by molar-refractivity contribution is 6.31. The molecule has 6 heteroatoms. The molecule has 0 saturated carbocycles. The Kier molecular flexibility index (Phi) is 4.29. The summed E-state index contributed by atoms with van der Waals surface area (Å²) in [5.41, 5.74) is 7.49. The molecule has 0 fully saturated rings. The molecule has 1 amide bonds. The van der Waals surface area contributed by atoms with Gasteiger partial charge in [-0.05, 0) is 18.6 Å². The molecule has 0 spiro atoms. The molecular formula is C14H17ClN4O. The number of nitrogens with two attached hydrogens (primary N) is 1. The Bertz CT molecular complexity index is 604. The monoisotopic (exact) mass is 292 g/mol. The van der Waals surface area contributed by atoms with Crippen molar-refractivity contribution in [1.82, 2.24) is 14.7 Å². The van der Waals surface area contributed by atoms with Gasteiger partial charge in [-0.25, -0.2) is 0 Å². The summed E-state index contributed by atoms with van der Waals surface area (Å²) in [5.74, 6) is -0.148. The van der Waals surface area contributed by atoms with Crippen LogP contribution in [0.25, 0.3) is 0 Å². The smallest absolute Gasteiger partial charge is 0.274 e. The highest BCUT2D eigenvalue weighted by Gasteiger charge is 2.21. The molecule has 1 aromatic heterocycles. The lowest BCUT2D eigenvalue weighted by atomic mass is 10.2. The number of nitrogen functional groups attached to an aromatic ring is 1. The van der Waals surface area contributed by atoms with Crippen molar-refractivity contribution in [2.45, 2.75) is 13.5 Å². The number of aryl methyl sites for hydroxylation is 1. The second kappa shape index (κ2) is 5.96. The molecule has 106 valence electrons. The van der Waals surface area contributed by atoms with Gasteiger partial charge in [0.25, 0.3) is 5.91 Å². The number of carbonyl (C=O) groups excluding carboxylic acids is 1. The summed E-state index contributed by atoms with van der Waals surface area (Å²) in [4.78, 5) is 14.2. The highest BCUT2D eigenvalue weighted by atomic mass is 35.5. The Hall–Kier alpha value is -2.01. The first-order valence-electron chi connectivity index (χ1n) is 6.34. The van der Waals surface area contributed by atoms with E-state index in [-0.39, 0.29) is 5.91 Å². The minimum atomic E-state index is -0.148. The number of carbonyl (C=O) groups is 1. The maximum Gasteiger partial charge on any atom is 0.274 e. The summed E-state index contributed by atoms with van der Waals surface area (Å²) in [6, 6.07) is 7.49. The van der Waals surface area contributed by atoms with Gasteiger partial charge in [0.15, 0.2) is 0 Å². The molecule has 5 nitrogen and oxygen atoms in total. The van der Waals surface area contributed by atoms with Gasteiger partial charge in [0.1, 0.15) is 5.69 Å². The summed E-state index contributed by atoms with van der Waals surface area (Å²) in [6.45, 7) is 2.93. The van der Waals surface area contributed by atoms with Crippen molar-refractivity contribution >= 4 is 23.2 Å². The Morgan fingerprint density at radius 3 is 2.70 bits per heavy atom. The molecule has 1 heterocycles. The normalized spacial score (nSPS) is 10.6. The van der Waals surface area contributed by atoms with Gasteiger partial charge >= 0.3 is 0 Å². The molecule has 2 N–H and O–H groups in total. The average molecular weight is 293 g/mol. The van der Waals surface area contributed by atoms with Crippen LogP contribution in [-0.2, 0) is 13.6 Å². The Morgan fingerprint density at radius 1 is 1.45 bits per heavy atom. The zero-order valence-electron chi connectivity index (χ0n) is 11.5. The van der Waals surface area contributed by atoms with Crippen LogP contribution in [0.3, 0.4) is 0 Å². The number of benzene rings is 1. The fourth-order valence-corrected chi connectivity index (χ4v) is 2.22. The van der Waals surface area contributed by atoms with Crippen LogP contribution in [0.15, 0.2) is 30.5 Å². The first-order chi connectivity index (χ1) is 9.54. The quantitative estimate of drug-likeness (QED) is 0.940. The van der Waals surface area contributed by atoms with Gasteiger partial charge in [-0.1, -0.05) is 29.8 Å². The summed E-state index contributed by atoms with van der Waals surface area (Å²) in [7, 11) is 1.70. The molecule has 0 radical (unpaired) electrons. The van der Waals surface area contributed by atoms with E-state index in [1.165, 1.54) is 10.9 Å². The summed E-state index contributed by atoms with van der Waals surface area (Å²) in [5, 5.41) is 4.65. The third-order valence-corrected chi connectivity index (χ3v) is 3.53. The van der Waals surface area contributed by atoms with Crippen LogP contribution in [0.5, 0.6) is 0 Å². The van der Waals surface area contributed by atoms with Crippen molar-refractivity contribution in [3.05, 3.63) is 46.7 Å². The van der Waals surface area contributed by atoms with Crippen LogP contribution in [0, 0.1) is 0 Å². The predicted molar refractivity (Wildman–Crippen MR) is 79.5 cm³/mol. The lowest BCUT2D eigenvalue weighted by Crippen LogP contribution is -2.32. The summed E-state index contributed by atoms with van der Waals surface area (Å²) in [6.07, 6.45) is 1.48. The van der Waals surface area contributed by atoms with E-state index in [1.54, 1.807) is 11.9 Å². The number of hydrogen-bond donors (Lipinski definition) is 1. The van der Waals surface area contributed by atoms with Crippen molar-refractivity contribution < 1.29 is 4.79 Å². The zero-order chi connectivity index (χ0) is 14.7. The molecule has 0 aliphatic heterocycles. The van der Waals surface area contributed by atoms with Crippen LogP contribution in [-0.4, -0.2) is 27.1 Å². The van der Waals surface area contributed by atoms with Gasteiger partial charge < -0.3 is 10.6 Å². The molecule has 0 atom stereocenters. The van der Waals surface area contributed by atoms with Crippen molar-refractivity contribution in [2.24, 2.45) is 7.05 Å². The molecule has 1 aromatic carbocycles. The molecule has 2 rings (SSSR count). The number of rotatable bonds is 4. The third kappa shape index (κ3) is 2.77. The van der Waals surface area contributed by atoms with E-state index in [0.717, 1.165) is 5.56 Å². The van der Waals surface area contributed by atoms with E-state index >= 15 is 0 Å².